The molecule has 0 N–H and O–H groups in total. The molecular formula is C15H26O. The number of hydrogen-bond acceptors (Lipinski definition) is 1. The summed E-state index contributed by atoms with van der Waals surface area (Å²) >= 11 is 0. The van der Waals surface area contributed by atoms with E-state index in [2.05, 4.69) is 20.8 Å². The smallest absolute Gasteiger partial charge is 0.132 e. The topological polar surface area (TPSA) is 17.1 Å². The molecule has 0 radical (unpaired) electrons. The predicted octanol–water partition coefficient (Wildman–Crippen LogP) is 4.06. The highest BCUT2D eigenvalue weighted by molar-refractivity contribution is 5.78. The number of ketones is 1. The van der Waals surface area contributed by atoms with E-state index >= 15 is 0 Å². The molecule has 0 aromatic heterocycles. The number of rotatable bonds is 1. The van der Waals surface area contributed by atoms with Crippen LogP contribution in [0.4, 0.5) is 0 Å². The van der Waals surface area contributed by atoms with E-state index in [9.17, 15) is 4.79 Å². The lowest BCUT2D eigenvalue weighted by Crippen LogP contribution is -2.44. The van der Waals surface area contributed by atoms with Gasteiger partial charge >= 0.3 is 0 Å². The van der Waals surface area contributed by atoms with Gasteiger partial charge in [-0.25, -0.2) is 0 Å². The molecule has 5 atom stereocenters. The Morgan fingerprint density at radius 1 is 1.19 bits per heavy atom. The maximum absolute atomic E-state index is 11.6. The van der Waals surface area contributed by atoms with E-state index in [0.717, 1.165) is 30.6 Å². The fourth-order valence-electron chi connectivity index (χ4n) is 4.14. The zero-order chi connectivity index (χ0) is 11.9. The molecule has 2 rings (SSSR count). The van der Waals surface area contributed by atoms with Crippen LogP contribution in [0.15, 0.2) is 0 Å². The Morgan fingerprint density at radius 2 is 1.81 bits per heavy atom. The molecule has 0 spiro atoms. The summed E-state index contributed by atoms with van der Waals surface area (Å²) < 4.78 is 0. The molecule has 1 heteroatoms. The van der Waals surface area contributed by atoms with Gasteiger partial charge < -0.3 is 0 Å². The first-order chi connectivity index (χ1) is 7.44. The van der Waals surface area contributed by atoms with Crippen LogP contribution in [-0.2, 0) is 4.79 Å². The standard InChI is InChI=1S/C15H26O/c1-10-5-7-15(4)8-6-13(12(3)16)9-14(15)11(10)2/h10-11,13-14H,5-9H2,1-4H3/t10?,11-,13?,14?,15-/m1/s1. The second-order valence-corrected chi connectivity index (χ2v) is 6.72. The van der Waals surface area contributed by atoms with Crippen molar-refractivity contribution in [2.24, 2.45) is 29.1 Å². The molecule has 3 unspecified atom stereocenters. The fraction of sp³-hybridized carbons (Fsp3) is 0.933. The molecule has 0 aromatic rings. The second-order valence-electron chi connectivity index (χ2n) is 6.72. The van der Waals surface area contributed by atoms with Crippen molar-refractivity contribution in [2.45, 2.75) is 59.8 Å². The number of carbonyl (C=O) groups excluding carboxylic acids is 1. The maximum Gasteiger partial charge on any atom is 0.132 e. The van der Waals surface area contributed by atoms with Crippen molar-refractivity contribution < 1.29 is 4.79 Å². The Kier molecular flexibility index (Phi) is 3.16. The lowest BCUT2D eigenvalue weighted by molar-refractivity contribution is -0.125. The summed E-state index contributed by atoms with van der Waals surface area (Å²) in [6, 6.07) is 0. The van der Waals surface area contributed by atoms with Crippen LogP contribution < -0.4 is 0 Å². The van der Waals surface area contributed by atoms with E-state index in [1.165, 1.54) is 19.3 Å². The van der Waals surface area contributed by atoms with Crippen molar-refractivity contribution in [3.05, 3.63) is 0 Å². The van der Waals surface area contributed by atoms with Crippen molar-refractivity contribution in [2.75, 3.05) is 0 Å². The van der Waals surface area contributed by atoms with Gasteiger partial charge in [-0.2, -0.15) is 0 Å². The van der Waals surface area contributed by atoms with Gasteiger partial charge in [0.25, 0.3) is 0 Å². The molecule has 92 valence electrons. The third kappa shape index (κ3) is 1.94. The van der Waals surface area contributed by atoms with Crippen LogP contribution >= 0.6 is 0 Å². The Hall–Kier alpha value is -0.330. The molecule has 0 bridgehead atoms. The van der Waals surface area contributed by atoms with E-state index in [4.69, 9.17) is 0 Å². The van der Waals surface area contributed by atoms with Gasteiger partial charge in [-0.3, -0.25) is 4.79 Å². The monoisotopic (exact) mass is 222 g/mol. The molecule has 2 saturated carbocycles. The summed E-state index contributed by atoms with van der Waals surface area (Å²) in [6.45, 7) is 9.05. The minimum Gasteiger partial charge on any atom is -0.300 e. The molecule has 0 aromatic carbocycles. The molecular weight excluding hydrogens is 196 g/mol. The van der Waals surface area contributed by atoms with E-state index in [1.54, 1.807) is 6.92 Å². The van der Waals surface area contributed by atoms with Gasteiger partial charge in [0.2, 0.25) is 0 Å². The highest BCUT2D eigenvalue weighted by Gasteiger charge is 2.47. The minimum absolute atomic E-state index is 0.367. The second kappa shape index (κ2) is 4.16. The number of carbonyl (C=O) groups is 1. The van der Waals surface area contributed by atoms with Crippen molar-refractivity contribution in [3.63, 3.8) is 0 Å². The first-order valence-corrected chi connectivity index (χ1v) is 6.94. The molecule has 2 fully saturated rings. The van der Waals surface area contributed by atoms with Gasteiger partial charge in [0.1, 0.15) is 5.78 Å². The Labute approximate surface area is 100.0 Å². The Balaban J connectivity index is 2.15. The fourth-order valence-corrected chi connectivity index (χ4v) is 4.14. The van der Waals surface area contributed by atoms with E-state index < -0.39 is 0 Å². The van der Waals surface area contributed by atoms with E-state index in [-0.39, 0.29) is 0 Å². The quantitative estimate of drug-likeness (QED) is 0.654. The molecule has 0 amide bonds. The first-order valence-electron chi connectivity index (χ1n) is 6.94. The average molecular weight is 222 g/mol. The third-order valence-corrected chi connectivity index (χ3v) is 5.78. The predicted molar refractivity (Wildman–Crippen MR) is 67.2 cm³/mol. The van der Waals surface area contributed by atoms with Crippen LogP contribution in [0, 0.1) is 29.1 Å². The number of fused-ring (bicyclic) bond motifs is 1. The molecule has 0 aliphatic heterocycles. The first kappa shape index (κ1) is 12.1. The van der Waals surface area contributed by atoms with E-state index in [1.807, 2.05) is 0 Å². The summed E-state index contributed by atoms with van der Waals surface area (Å²) in [4.78, 5) is 11.6. The number of hydrogen-bond donors (Lipinski definition) is 0. The zero-order valence-electron chi connectivity index (χ0n) is 11.3. The SMILES string of the molecule is CC(=O)C1CC[C@@]2(C)CCC(C)[C@@H](C)C2C1. The zero-order valence-corrected chi connectivity index (χ0v) is 11.3. The van der Waals surface area contributed by atoms with Crippen molar-refractivity contribution >= 4 is 5.78 Å². The summed E-state index contributed by atoms with van der Waals surface area (Å²) in [5.74, 6) is 3.24. The molecule has 0 saturated heterocycles. The van der Waals surface area contributed by atoms with Crippen molar-refractivity contribution in [3.8, 4) is 0 Å². The minimum atomic E-state index is 0.367. The van der Waals surface area contributed by atoms with Gasteiger partial charge in [-0.15, -0.1) is 0 Å². The normalized spacial score (nSPS) is 48.5. The third-order valence-electron chi connectivity index (χ3n) is 5.78. The summed E-state index contributed by atoms with van der Waals surface area (Å²) in [7, 11) is 0. The van der Waals surface area contributed by atoms with E-state index in [0.29, 0.717) is 17.1 Å². The van der Waals surface area contributed by atoms with Crippen molar-refractivity contribution in [1.29, 1.82) is 0 Å². The Morgan fingerprint density at radius 3 is 2.44 bits per heavy atom. The van der Waals surface area contributed by atoms with Gasteiger partial charge in [-0.05, 0) is 62.2 Å². The lowest BCUT2D eigenvalue weighted by Gasteiger charge is -2.52. The van der Waals surface area contributed by atoms with Gasteiger partial charge in [-0.1, -0.05) is 20.8 Å². The van der Waals surface area contributed by atoms with Crippen LogP contribution in [0.5, 0.6) is 0 Å². The van der Waals surface area contributed by atoms with Crippen LogP contribution in [0.1, 0.15) is 59.8 Å². The summed E-state index contributed by atoms with van der Waals surface area (Å²) in [5.41, 5.74) is 0.540. The molecule has 2 aliphatic rings. The lowest BCUT2D eigenvalue weighted by atomic mass is 9.53. The average Bonchev–Trinajstić information content (AvgIpc) is 2.24. The number of Topliss-reactive ketones (excluding diaryl/α,β-unsaturated/α-hetero) is 1. The molecule has 2 aliphatic carbocycles. The maximum atomic E-state index is 11.6. The van der Waals surface area contributed by atoms with Crippen LogP contribution in [0.2, 0.25) is 0 Å². The largest absolute Gasteiger partial charge is 0.300 e. The van der Waals surface area contributed by atoms with Crippen LogP contribution in [0.25, 0.3) is 0 Å². The molecule has 1 nitrogen and oxygen atoms in total. The Bertz CT molecular complexity index is 283. The van der Waals surface area contributed by atoms with Gasteiger partial charge in [0, 0.05) is 5.92 Å². The van der Waals surface area contributed by atoms with Crippen molar-refractivity contribution in [1.82, 2.24) is 0 Å². The van der Waals surface area contributed by atoms with Gasteiger partial charge in [0.15, 0.2) is 0 Å². The van der Waals surface area contributed by atoms with Crippen LogP contribution in [-0.4, -0.2) is 5.78 Å². The molecule has 16 heavy (non-hydrogen) atoms. The van der Waals surface area contributed by atoms with Gasteiger partial charge in [0.05, 0.1) is 0 Å². The molecule has 0 heterocycles. The summed E-state index contributed by atoms with van der Waals surface area (Å²) in [5, 5.41) is 0. The van der Waals surface area contributed by atoms with Crippen LogP contribution in [0.3, 0.4) is 0 Å². The highest BCUT2D eigenvalue weighted by atomic mass is 16.1. The summed E-state index contributed by atoms with van der Waals surface area (Å²) in [6.07, 6.45) is 6.35. The highest BCUT2D eigenvalue weighted by Crippen LogP contribution is 2.55.